The van der Waals surface area contributed by atoms with Crippen molar-refractivity contribution in [1.29, 1.82) is 0 Å². The summed E-state index contributed by atoms with van der Waals surface area (Å²) in [6.45, 7) is 4.75. The van der Waals surface area contributed by atoms with E-state index in [9.17, 15) is 5.11 Å². The molecule has 1 nitrogen and oxygen atoms in total. The zero-order valence-corrected chi connectivity index (χ0v) is 11.2. The Labute approximate surface area is 106 Å². The molecule has 0 heterocycles. The third-order valence-electron chi connectivity index (χ3n) is 3.58. The van der Waals surface area contributed by atoms with Crippen molar-refractivity contribution in [3.05, 3.63) is 35.9 Å². The predicted molar refractivity (Wildman–Crippen MR) is 74.2 cm³/mol. The van der Waals surface area contributed by atoms with Crippen molar-refractivity contribution in [2.75, 3.05) is 6.61 Å². The van der Waals surface area contributed by atoms with Gasteiger partial charge >= 0.3 is 0 Å². The minimum atomic E-state index is 0.276. The van der Waals surface area contributed by atoms with Crippen molar-refractivity contribution >= 4 is 0 Å². The lowest BCUT2D eigenvalue weighted by atomic mass is 9.81. The third kappa shape index (κ3) is 4.51. The van der Waals surface area contributed by atoms with Gasteiger partial charge in [-0.3, -0.25) is 0 Å². The summed E-state index contributed by atoms with van der Waals surface area (Å²) in [5.41, 5.74) is 1.30. The molecule has 0 fully saturated rings. The molecule has 0 aliphatic rings. The van der Waals surface area contributed by atoms with Crippen LogP contribution in [0.2, 0.25) is 0 Å². The Kier molecular flexibility index (Phi) is 6.95. The summed E-state index contributed by atoms with van der Waals surface area (Å²) < 4.78 is 0. The monoisotopic (exact) mass is 234 g/mol. The number of hydrogen-bond acceptors (Lipinski definition) is 1. The summed E-state index contributed by atoms with van der Waals surface area (Å²) in [5, 5.41) is 9.68. The van der Waals surface area contributed by atoms with Crippen LogP contribution in [0, 0.1) is 5.92 Å². The van der Waals surface area contributed by atoms with E-state index in [1.807, 2.05) is 6.07 Å². The van der Waals surface area contributed by atoms with E-state index in [4.69, 9.17) is 0 Å². The molecule has 0 saturated heterocycles. The van der Waals surface area contributed by atoms with Gasteiger partial charge in [0.1, 0.15) is 0 Å². The Morgan fingerprint density at radius 3 is 2.24 bits per heavy atom. The van der Waals surface area contributed by atoms with Gasteiger partial charge in [0.05, 0.1) is 6.61 Å². The predicted octanol–water partition coefficient (Wildman–Crippen LogP) is 4.37. The first-order valence-corrected chi connectivity index (χ1v) is 6.99. The Morgan fingerprint density at radius 2 is 1.71 bits per heavy atom. The summed E-state index contributed by atoms with van der Waals surface area (Å²) in [7, 11) is 0. The molecule has 1 aromatic carbocycles. The van der Waals surface area contributed by atoms with Gasteiger partial charge in [-0.1, -0.05) is 69.9 Å². The molecular formula is C16H26O. The molecule has 0 aliphatic heterocycles. The average Bonchev–Trinajstić information content (AvgIpc) is 2.38. The highest BCUT2D eigenvalue weighted by Gasteiger charge is 2.21. The summed E-state index contributed by atoms with van der Waals surface area (Å²) in [5.74, 6) is 0.954. The number of unbranched alkanes of at least 4 members (excludes halogenated alkanes) is 1. The van der Waals surface area contributed by atoms with Crippen LogP contribution in [0.4, 0.5) is 0 Å². The van der Waals surface area contributed by atoms with Crippen LogP contribution in [0.3, 0.4) is 0 Å². The van der Waals surface area contributed by atoms with Crippen LogP contribution in [0.5, 0.6) is 0 Å². The minimum Gasteiger partial charge on any atom is -0.396 e. The molecule has 0 amide bonds. The highest BCUT2D eigenvalue weighted by molar-refractivity contribution is 5.20. The van der Waals surface area contributed by atoms with Crippen LogP contribution < -0.4 is 0 Å². The van der Waals surface area contributed by atoms with Gasteiger partial charge in [-0.25, -0.2) is 0 Å². The van der Waals surface area contributed by atoms with Crippen molar-refractivity contribution in [2.45, 2.75) is 51.9 Å². The van der Waals surface area contributed by atoms with E-state index < -0.39 is 0 Å². The van der Waals surface area contributed by atoms with Gasteiger partial charge in [-0.15, -0.1) is 0 Å². The lowest BCUT2D eigenvalue weighted by molar-refractivity contribution is 0.210. The Morgan fingerprint density at radius 1 is 1.00 bits per heavy atom. The number of rotatable bonds is 8. The van der Waals surface area contributed by atoms with Crippen molar-refractivity contribution in [1.82, 2.24) is 0 Å². The lowest BCUT2D eigenvalue weighted by Gasteiger charge is -2.25. The van der Waals surface area contributed by atoms with Crippen LogP contribution in [-0.2, 0) is 0 Å². The van der Waals surface area contributed by atoms with Crippen molar-refractivity contribution in [3.8, 4) is 0 Å². The largest absolute Gasteiger partial charge is 0.396 e. The van der Waals surface area contributed by atoms with Crippen LogP contribution >= 0.6 is 0 Å². The Bertz CT molecular complexity index is 281. The SMILES string of the molecule is CCCCC(CCC)C(CO)c1ccccc1. The van der Waals surface area contributed by atoms with Crippen LogP contribution in [0.1, 0.15) is 57.4 Å². The second-order valence-corrected chi connectivity index (χ2v) is 4.89. The van der Waals surface area contributed by atoms with Crippen molar-refractivity contribution in [3.63, 3.8) is 0 Å². The number of aliphatic hydroxyl groups excluding tert-OH is 1. The van der Waals surface area contributed by atoms with Gasteiger partial charge in [-0.2, -0.15) is 0 Å². The standard InChI is InChI=1S/C16H26O/c1-3-5-10-14(9-4-2)16(13-17)15-11-7-6-8-12-15/h6-8,11-12,14,16-17H,3-5,9-10,13H2,1-2H3. The molecule has 2 unspecified atom stereocenters. The van der Waals surface area contributed by atoms with E-state index >= 15 is 0 Å². The molecule has 0 aromatic heterocycles. The van der Waals surface area contributed by atoms with Gasteiger partial charge in [0.25, 0.3) is 0 Å². The highest BCUT2D eigenvalue weighted by Crippen LogP contribution is 2.31. The maximum absolute atomic E-state index is 9.68. The second-order valence-electron chi connectivity index (χ2n) is 4.89. The topological polar surface area (TPSA) is 20.2 Å². The minimum absolute atomic E-state index is 0.276. The first-order valence-electron chi connectivity index (χ1n) is 6.99. The molecule has 96 valence electrons. The van der Waals surface area contributed by atoms with Gasteiger partial charge in [0, 0.05) is 5.92 Å². The molecule has 1 rings (SSSR count). The Hall–Kier alpha value is -0.820. The number of benzene rings is 1. The van der Waals surface area contributed by atoms with E-state index in [1.54, 1.807) is 0 Å². The summed E-state index contributed by atoms with van der Waals surface area (Å²) >= 11 is 0. The molecule has 0 bridgehead atoms. The van der Waals surface area contributed by atoms with E-state index in [1.165, 1.54) is 37.7 Å². The first-order chi connectivity index (χ1) is 8.33. The normalized spacial score (nSPS) is 14.5. The molecule has 1 aromatic rings. The number of aliphatic hydroxyl groups is 1. The molecule has 0 spiro atoms. The highest BCUT2D eigenvalue weighted by atomic mass is 16.3. The van der Waals surface area contributed by atoms with Gasteiger partial charge in [0.15, 0.2) is 0 Å². The first kappa shape index (κ1) is 14.2. The van der Waals surface area contributed by atoms with E-state index in [0.717, 1.165) is 0 Å². The smallest absolute Gasteiger partial charge is 0.0502 e. The van der Waals surface area contributed by atoms with Crippen LogP contribution in [0.25, 0.3) is 0 Å². The van der Waals surface area contributed by atoms with Gasteiger partial charge in [0.2, 0.25) is 0 Å². The molecule has 0 radical (unpaired) electrons. The zero-order valence-electron chi connectivity index (χ0n) is 11.2. The summed E-state index contributed by atoms with van der Waals surface area (Å²) in [6, 6.07) is 10.5. The summed E-state index contributed by atoms with van der Waals surface area (Å²) in [4.78, 5) is 0. The second kappa shape index (κ2) is 8.30. The lowest BCUT2D eigenvalue weighted by Crippen LogP contribution is -2.17. The van der Waals surface area contributed by atoms with Crippen molar-refractivity contribution in [2.24, 2.45) is 5.92 Å². The van der Waals surface area contributed by atoms with Gasteiger partial charge < -0.3 is 5.11 Å². The van der Waals surface area contributed by atoms with E-state index in [-0.39, 0.29) is 6.61 Å². The maximum Gasteiger partial charge on any atom is 0.0502 e. The Balaban J connectivity index is 2.73. The van der Waals surface area contributed by atoms with Gasteiger partial charge in [-0.05, 0) is 17.9 Å². The molecule has 0 saturated carbocycles. The summed E-state index contributed by atoms with van der Waals surface area (Å²) in [6.07, 6.45) is 6.18. The average molecular weight is 234 g/mol. The molecular weight excluding hydrogens is 208 g/mol. The fraction of sp³-hybridized carbons (Fsp3) is 0.625. The molecule has 17 heavy (non-hydrogen) atoms. The van der Waals surface area contributed by atoms with Crippen LogP contribution in [0.15, 0.2) is 30.3 Å². The molecule has 1 N–H and O–H groups in total. The quantitative estimate of drug-likeness (QED) is 0.708. The molecule has 2 atom stereocenters. The third-order valence-corrected chi connectivity index (χ3v) is 3.58. The molecule has 0 aliphatic carbocycles. The van der Waals surface area contributed by atoms with E-state index in [0.29, 0.717) is 11.8 Å². The zero-order chi connectivity index (χ0) is 12.5. The van der Waals surface area contributed by atoms with E-state index in [2.05, 4.69) is 38.1 Å². The molecule has 1 heteroatoms. The number of hydrogen-bond donors (Lipinski definition) is 1. The van der Waals surface area contributed by atoms with Crippen LogP contribution in [-0.4, -0.2) is 11.7 Å². The fourth-order valence-electron chi connectivity index (χ4n) is 2.61. The maximum atomic E-state index is 9.68. The van der Waals surface area contributed by atoms with Crippen molar-refractivity contribution < 1.29 is 5.11 Å². The fourth-order valence-corrected chi connectivity index (χ4v) is 2.61.